The first-order valence-corrected chi connectivity index (χ1v) is 12.5. The number of carbonyl (C=O) groups excluding carboxylic acids is 1. The van der Waals surface area contributed by atoms with Crippen LogP contribution < -0.4 is 15.4 Å². The molecule has 5 rings (SSSR count). The minimum Gasteiger partial charge on any atom is -0.314 e. The summed E-state index contributed by atoms with van der Waals surface area (Å²) in [5.74, 6) is 0. The number of hydrogen-bond donors (Lipinski definition) is 3. The quantitative estimate of drug-likeness (QED) is 0.690. The van der Waals surface area contributed by atoms with Gasteiger partial charge in [0, 0.05) is 24.8 Å². The van der Waals surface area contributed by atoms with Gasteiger partial charge in [-0.2, -0.15) is 0 Å². The van der Waals surface area contributed by atoms with Crippen LogP contribution in [0.1, 0.15) is 47.9 Å². The number of anilines is 1. The number of nitrogens with one attached hydrogen (secondary N) is 3. The molecule has 1 aromatic rings. The molecule has 0 aromatic heterocycles. The van der Waals surface area contributed by atoms with Crippen LogP contribution >= 0.6 is 0 Å². The van der Waals surface area contributed by atoms with Crippen molar-refractivity contribution >= 4 is 21.7 Å². The van der Waals surface area contributed by atoms with Gasteiger partial charge in [0.15, 0.2) is 0 Å². The van der Waals surface area contributed by atoms with E-state index in [1.165, 1.54) is 22.3 Å². The maximum Gasteiger partial charge on any atom is 0.332 e. The van der Waals surface area contributed by atoms with E-state index >= 15 is 0 Å². The molecule has 0 spiro atoms. The van der Waals surface area contributed by atoms with Crippen LogP contribution in [0.4, 0.5) is 10.5 Å². The number of aryl methyl sites for hydroxylation is 2. The van der Waals surface area contributed by atoms with E-state index in [1.807, 2.05) is 0 Å². The van der Waals surface area contributed by atoms with Crippen molar-refractivity contribution < 1.29 is 13.2 Å². The molecule has 2 saturated heterocycles. The highest BCUT2D eigenvalue weighted by molar-refractivity contribution is 7.90. The second-order valence-corrected chi connectivity index (χ2v) is 10.8. The van der Waals surface area contributed by atoms with Crippen molar-refractivity contribution in [3.05, 3.63) is 28.3 Å². The molecule has 158 valence electrons. The highest BCUT2D eigenvalue weighted by Gasteiger charge is 2.35. The Hall–Kier alpha value is -1.64. The molecule has 0 radical (unpaired) electrons. The lowest BCUT2D eigenvalue weighted by Gasteiger charge is -2.41. The molecule has 8 heteroatoms. The average Bonchev–Trinajstić information content (AvgIpc) is 3.29. The summed E-state index contributed by atoms with van der Waals surface area (Å²) in [5, 5.41) is 5.70. The van der Waals surface area contributed by atoms with Gasteiger partial charge in [-0.25, -0.2) is 17.9 Å². The first-order valence-electron chi connectivity index (χ1n) is 10.9. The Labute approximate surface area is 172 Å². The van der Waals surface area contributed by atoms with Gasteiger partial charge >= 0.3 is 6.03 Å². The minimum absolute atomic E-state index is 0.496. The predicted octanol–water partition coefficient (Wildman–Crippen LogP) is 1.55. The summed E-state index contributed by atoms with van der Waals surface area (Å²) < 4.78 is 27.9. The van der Waals surface area contributed by atoms with E-state index in [0.29, 0.717) is 18.9 Å². The Morgan fingerprint density at radius 3 is 2.17 bits per heavy atom. The molecule has 0 atom stereocenters. The molecule has 2 amide bonds. The number of fused-ring (bicyclic) bond motifs is 2. The molecule has 2 fully saturated rings. The first kappa shape index (κ1) is 19.3. The maximum absolute atomic E-state index is 12.8. The maximum atomic E-state index is 12.8. The number of sulfonamides is 1. The molecule has 4 aliphatic rings. The standard InChI is InChI=1S/C21H30N4O3S/c26-21(23-20-18-5-1-3-14(18)11-15-4-2-6-19(15)20)24-29(27,28)17-7-9-25(10-8-17)16-12-22-13-16/h11,16-17,22H,1-10,12-13H2,(H2,23,24,26). The number of likely N-dealkylation sites (tertiary alicyclic amines) is 1. The molecule has 2 heterocycles. The molecular formula is C21H30N4O3S. The molecule has 2 aliphatic heterocycles. The van der Waals surface area contributed by atoms with Gasteiger partial charge in [-0.15, -0.1) is 0 Å². The molecule has 3 N–H and O–H groups in total. The minimum atomic E-state index is -3.67. The van der Waals surface area contributed by atoms with Gasteiger partial charge in [-0.3, -0.25) is 4.90 Å². The van der Waals surface area contributed by atoms with Crippen LogP contribution in [0.3, 0.4) is 0 Å². The van der Waals surface area contributed by atoms with Gasteiger partial charge in [0.2, 0.25) is 10.0 Å². The van der Waals surface area contributed by atoms with E-state index in [9.17, 15) is 13.2 Å². The summed E-state index contributed by atoms with van der Waals surface area (Å²) in [5.41, 5.74) is 5.94. The summed E-state index contributed by atoms with van der Waals surface area (Å²) in [6.45, 7) is 3.53. The van der Waals surface area contributed by atoms with Crippen molar-refractivity contribution in [1.29, 1.82) is 0 Å². The second-order valence-electron chi connectivity index (χ2n) is 8.88. The van der Waals surface area contributed by atoms with Gasteiger partial charge < -0.3 is 10.6 Å². The lowest BCUT2D eigenvalue weighted by Crippen LogP contribution is -2.59. The lowest BCUT2D eigenvalue weighted by molar-refractivity contribution is 0.122. The summed E-state index contributed by atoms with van der Waals surface area (Å²) in [4.78, 5) is 15.0. The van der Waals surface area contributed by atoms with Crippen LogP contribution in [0.25, 0.3) is 0 Å². The third-order valence-corrected chi connectivity index (χ3v) is 8.96. The fourth-order valence-electron chi connectivity index (χ4n) is 5.40. The topological polar surface area (TPSA) is 90.5 Å². The average molecular weight is 419 g/mol. The molecule has 7 nitrogen and oxygen atoms in total. The van der Waals surface area contributed by atoms with Crippen LogP contribution in [-0.4, -0.2) is 56.8 Å². The van der Waals surface area contributed by atoms with E-state index in [4.69, 9.17) is 0 Å². The zero-order valence-corrected chi connectivity index (χ0v) is 17.6. The normalized spacial score (nSPS) is 22.8. The molecule has 0 saturated carbocycles. The highest BCUT2D eigenvalue weighted by atomic mass is 32.2. The van der Waals surface area contributed by atoms with Gasteiger partial charge in [-0.1, -0.05) is 6.07 Å². The number of carbonyl (C=O) groups is 1. The molecular weight excluding hydrogens is 388 g/mol. The molecule has 29 heavy (non-hydrogen) atoms. The third kappa shape index (κ3) is 3.66. The van der Waals surface area contributed by atoms with E-state index in [0.717, 1.165) is 70.4 Å². The van der Waals surface area contributed by atoms with Crippen molar-refractivity contribution in [1.82, 2.24) is 14.9 Å². The van der Waals surface area contributed by atoms with Crippen molar-refractivity contribution in [3.8, 4) is 0 Å². The largest absolute Gasteiger partial charge is 0.332 e. The Bertz CT molecular complexity index is 886. The summed E-state index contributed by atoms with van der Waals surface area (Å²) in [6.07, 6.45) is 7.37. The predicted molar refractivity (Wildman–Crippen MR) is 113 cm³/mol. The van der Waals surface area contributed by atoms with Crippen molar-refractivity contribution in [2.45, 2.75) is 62.7 Å². The Kier molecular flexibility index (Phi) is 5.04. The number of urea groups is 1. The Morgan fingerprint density at radius 1 is 1.00 bits per heavy atom. The summed E-state index contributed by atoms with van der Waals surface area (Å²) in [7, 11) is -3.67. The van der Waals surface area contributed by atoms with Crippen LogP contribution in [0.2, 0.25) is 0 Å². The Morgan fingerprint density at radius 2 is 1.62 bits per heavy atom. The lowest BCUT2D eigenvalue weighted by atomic mass is 9.99. The van der Waals surface area contributed by atoms with Crippen LogP contribution in [-0.2, 0) is 35.7 Å². The number of benzene rings is 1. The fraction of sp³-hybridized carbons (Fsp3) is 0.667. The SMILES string of the molecule is O=C(Nc1c2c(cc3c1CCC3)CCC2)NS(=O)(=O)C1CCN(C2CNC2)CC1. The van der Waals surface area contributed by atoms with Crippen molar-refractivity contribution in [2.24, 2.45) is 0 Å². The zero-order valence-electron chi connectivity index (χ0n) is 16.8. The van der Waals surface area contributed by atoms with Gasteiger partial charge in [0.05, 0.1) is 5.25 Å². The van der Waals surface area contributed by atoms with Gasteiger partial charge in [0.25, 0.3) is 0 Å². The van der Waals surface area contributed by atoms with Crippen LogP contribution in [0, 0.1) is 0 Å². The first-order chi connectivity index (χ1) is 14.0. The van der Waals surface area contributed by atoms with Gasteiger partial charge in [-0.05, 0) is 86.7 Å². The number of piperidine rings is 1. The summed E-state index contributed by atoms with van der Waals surface area (Å²) >= 11 is 0. The van der Waals surface area contributed by atoms with E-state index in [2.05, 4.69) is 26.3 Å². The van der Waals surface area contributed by atoms with Gasteiger partial charge in [0.1, 0.15) is 0 Å². The fourth-order valence-corrected chi connectivity index (χ4v) is 6.71. The third-order valence-electron chi connectivity index (χ3n) is 7.14. The van der Waals surface area contributed by atoms with E-state index in [1.54, 1.807) is 0 Å². The second kappa shape index (κ2) is 7.56. The highest BCUT2D eigenvalue weighted by Crippen LogP contribution is 2.38. The van der Waals surface area contributed by atoms with Crippen LogP contribution in [0.15, 0.2) is 6.07 Å². The monoisotopic (exact) mass is 418 g/mol. The molecule has 0 bridgehead atoms. The van der Waals surface area contributed by atoms with E-state index in [-0.39, 0.29) is 0 Å². The number of hydrogen-bond acceptors (Lipinski definition) is 5. The zero-order chi connectivity index (χ0) is 20.0. The number of amides is 2. The van der Waals surface area contributed by atoms with Crippen molar-refractivity contribution in [3.63, 3.8) is 0 Å². The van der Waals surface area contributed by atoms with Crippen molar-refractivity contribution in [2.75, 3.05) is 31.5 Å². The number of nitrogens with zero attached hydrogens (tertiary/aromatic N) is 1. The molecule has 2 aliphatic carbocycles. The Balaban J connectivity index is 1.25. The smallest absolute Gasteiger partial charge is 0.314 e. The number of rotatable bonds is 4. The summed E-state index contributed by atoms with van der Waals surface area (Å²) in [6, 6.07) is 2.23. The van der Waals surface area contributed by atoms with Crippen LogP contribution in [0.5, 0.6) is 0 Å². The molecule has 0 unspecified atom stereocenters. The molecule has 1 aromatic carbocycles. The van der Waals surface area contributed by atoms with E-state index < -0.39 is 21.3 Å².